The van der Waals surface area contributed by atoms with E-state index in [1.54, 1.807) is 11.8 Å². The number of piperidine rings is 1. The monoisotopic (exact) mass is 278 g/mol. The number of nitrogens with one attached hydrogen (secondary N) is 1. The van der Waals surface area contributed by atoms with Crippen LogP contribution in [0.15, 0.2) is 29.2 Å². The van der Waals surface area contributed by atoms with Gasteiger partial charge in [0, 0.05) is 18.5 Å². The molecule has 0 radical (unpaired) electrons. The molecule has 0 spiro atoms. The molecule has 3 nitrogen and oxygen atoms in total. The van der Waals surface area contributed by atoms with E-state index in [1.807, 2.05) is 42.5 Å². The van der Waals surface area contributed by atoms with Crippen molar-refractivity contribution in [1.82, 2.24) is 10.2 Å². The summed E-state index contributed by atoms with van der Waals surface area (Å²) in [6.07, 6.45) is 4.44. The van der Waals surface area contributed by atoms with E-state index in [4.69, 9.17) is 0 Å². The lowest BCUT2D eigenvalue weighted by atomic mass is 9.99. The second-order valence-corrected chi connectivity index (χ2v) is 5.95. The smallest absolute Gasteiger partial charge is 0.254 e. The summed E-state index contributed by atoms with van der Waals surface area (Å²) in [6.45, 7) is 2.99. The number of hydrogen-bond donors (Lipinski definition) is 1. The second-order valence-electron chi connectivity index (χ2n) is 5.10. The van der Waals surface area contributed by atoms with Crippen LogP contribution in [0, 0.1) is 5.92 Å². The molecule has 1 N–H and O–H groups in total. The molecule has 1 fully saturated rings. The van der Waals surface area contributed by atoms with Crippen molar-refractivity contribution in [2.45, 2.75) is 17.7 Å². The molecule has 1 saturated heterocycles. The number of carbonyl (C=O) groups is 1. The maximum atomic E-state index is 12.5. The molecule has 0 saturated carbocycles. The Morgan fingerprint density at radius 3 is 2.95 bits per heavy atom. The standard InChI is InChI=1S/C15H22N2OS/c1-17(11-12-6-5-9-16-10-12)15(18)13-7-3-4-8-14(13)19-2/h3-4,7-8,12,16H,5-6,9-11H2,1-2H3. The summed E-state index contributed by atoms with van der Waals surface area (Å²) in [4.78, 5) is 15.4. The van der Waals surface area contributed by atoms with E-state index >= 15 is 0 Å². The van der Waals surface area contributed by atoms with Gasteiger partial charge in [-0.3, -0.25) is 4.79 Å². The number of thioether (sulfide) groups is 1. The summed E-state index contributed by atoms with van der Waals surface area (Å²) in [6, 6.07) is 7.84. The van der Waals surface area contributed by atoms with Crippen LogP contribution in [0.2, 0.25) is 0 Å². The van der Waals surface area contributed by atoms with Gasteiger partial charge in [0.25, 0.3) is 5.91 Å². The van der Waals surface area contributed by atoms with Crippen LogP contribution in [0.25, 0.3) is 0 Å². The van der Waals surface area contributed by atoms with Crippen LogP contribution in [0.1, 0.15) is 23.2 Å². The maximum Gasteiger partial charge on any atom is 0.254 e. The zero-order valence-electron chi connectivity index (χ0n) is 11.7. The fourth-order valence-corrected chi connectivity index (χ4v) is 3.17. The first-order valence-corrected chi connectivity index (χ1v) is 8.04. The zero-order chi connectivity index (χ0) is 13.7. The SMILES string of the molecule is CSc1ccccc1C(=O)N(C)CC1CCCNC1. The van der Waals surface area contributed by atoms with Gasteiger partial charge in [0.1, 0.15) is 0 Å². The van der Waals surface area contributed by atoms with Gasteiger partial charge < -0.3 is 10.2 Å². The highest BCUT2D eigenvalue weighted by Gasteiger charge is 2.20. The highest BCUT2D eigenvalue weighted by molar-refractivity contribution is 7.98. The third-order valence-electron chi connectivity index (χ3n) is 3.62. The largest absolute Gasteiger partial charge is 0.341 e. The minimum absolute atomic E-state index is 0.135. The lowest BCUT2D eigenvalue weighted by Crippen LogP contribution is -2.39. The number of carbonyl (C=O) groups excluding carboxylic acids is 1. The van der Waals surface area contributed by atoms with E-state index in [1.165, 1.54) is 12.8 Å². The molecule has 1 aliphatic heterocycles. The highest BCUT2D eigenvalue weighted by Crippen LogP contribution is 2.21. The van der Waals surface area contributed by atoms with Gasteiger partial charge in [-0.2, -0.15) is 0 Å². The van der Waals surface area contributed by atoms with Gasteiger partial charge in [0.15, 0.2) is 0 Å². The van der Waals surface area contributed by atoms with Crippen molar-refractivity contribution in [3.05, 3.63) is 29.8 Å². The van der Waals surface area contributed by atoms with Crippen molar-refractivity contribution in [3.8, 4) is 0 Å². The van der Waals surface area contributed by atoms with E-state index in [0.29, 0.717) is 5.92 Å². The van der Waals surface area contributed by atoms with E-state index < -0.39 is 0 Å². The molecule has 0 aliphatic carbocycles. The Labute approximate surface area is 119 Å². The topological polar surface area (TPSA) is 32.3 Å². The summed E-state index contributed by atoms with van der Waals surface area (Å²) in [5.41, 5.74) is 0.821. The summed E-state index contributed by atoms with van der Waals surface area (Å²) < 4.78 is 0. The third kappa shape index (κ3) is 3.74. The molecule has 1 aromatic rings. The maximum absolute atomic E-state index is 12.5. The Hall–Kier alpha value is -1.00. The summed E-state index contributed by atoms with van der Waals surface area (Å²) in [5, 5.41) is 3.40. The molecular weight excluding hydrogens is 256 g/mol. The van der Waals surface area contributed by atoms with E-state index in [9.17, 15) is 4.79 Å². The van der Waals surface area contributed by atoms with Gasteiger partial charge in [-0.1, -0.05) is 12.1 Å². The van der Waals surface area contributed by atoms with E-state index in [2.05, 4.69) is 5.32 Å². The Morgan fingerprint density at radius 1 is 1.47 bits per heavy atom. The Balaban J connectivity index is 2.01. The van der Waals surface area contributed by atoms with Gasteiger partial charge in [-0.15, -0.1) is 11.8 Å². The van der Waals surface area contributed by atoms with Crippen LogP contribution in [0.3, 0.4) is 0 Å². The summed E-state index contributed by atoms with van der Waals surface area (Å²) >= 11 is 1.63. The molecule has 1 aliphatic rings. The quantitative estimate of drug-likeness (QED) is 0.859. The Morgan fingerprint density at radius 2 is 2.26 bits per heavy atom. The minimum Gasteiger partial charge on any atom is -0.341 e. The molecule has 0 aromatic heterocycles. The molecule has 1 amide bonds. The molecule has 104 valence electrons. The lowest BCUT2D eigenvalue weighted by molar-refractivity contribution is 0.0761. The van der Waals surface area contributed by atoms with E-state index in [-0.39, 0.29) is 5.91 Å². The highest BCUT2D eigenvalue weighted by atomic mass is 32.2. The van der Waals surface area contributed by atoms with Crippen molar-refractivity contribution < 1.29 is 4.79 Å². The zero-order valence-corrected chi connectivity index (χ0v) is 12.5. The number of benzene rings is 1. The predicted molar refractivity (Wildman–Crippen MR) is 80.8 cm³/mol. The van der Waals surface area contributed by atoms with Gasteiger partial charge in [0.2, 0.25) is 0 Å². The summed E-state index contributed by atoms with van der Waals surface area (Å²) in [5.74, 6) is 0.722. The van der Waals surface area contributed by atoms with Gasteiger partial charge in [-0.25, -0.2) is 0 Å². The molecule has 2 rings (SSSR count). The Kier molecular flexibility index (Phi) is 5.28. The molecule has 19 heavy (non-hydrogen) atoms. The van der Waals surface area contributed by atoms with Gasteiger partial charge >= 0.3 is 0 Å². The molecular formula is C15H22N2OS. The van der Waals surface area contributed by atoms with Crippen molar-refractivity contribution in [1.29, 1.82) is 0 Å². The Bertz CT molecular complexity index is 430. The normalized spacial score (nSPS) is 19.2. The third-order valence-corrected chi connectivity index (χ3v) is 4.41. The molecule has 1 aromatic carbocycles. The number of rotatable bonds is 4. The van der Waals surface area contributed by atoms with Gasteiger partial charge in [0.05, 0.1) is 5.56 Å². The minimum atomic E-state index is 0.135. The molecule has 4 heteroatoms. The second kappa shape index (κ2) is 6.96. The van der Waals surface area contributed by atoms with Crippen LogP contribution in [-0.2, 0) is 0 Å². The van der Waals surface area contributed by atoms with Crippen LogP contribution in [0.5, 0.6) is 0 Å². The van der Waals surface area contributed by atoms with Crippen LogP contribution < -0.4 is 5.32 Å². The first-order valence-electron chi connectivity index (χ1n) is 6.81. The number of nitrogens with zero attached hydrogens (tertiary/aromatic N) is 1. The summed E-state index contributed by atoms with van der Waals surface area (Å²) in [7, 11) is 1.91. The number of hydrogen-bond acceptors (Lipinski definition) is 3. The fourth-order valence-electron chi connectivity index (χ4n) is 2.58. The van der Waals surface area contributed by atoms with Crippen LogP contribution in [-0.4, -0.2) is 43.7 Å². The van der Waals surface area contributed by atoms with Gasteiger partial charge in [-0.05, 0) is 50.2 Å². The van der Waals surface area contributed by atoms with E-state index in [0.717, 1.165) is 30.1 Å². The first-order chi connectivity index (χ1) is 9.22. The van der Waals surface area contributed by atoms with Crippen molar-refractivity contribution in [3.63, 3.8) is 0 Å². The predicted octanol–water partition coefficient (Wildman–Crippen LogP) is 2.48. The van der Waals surface area contributed by atoms with Crippen LogP contribution >= 0.6 is 11.8 Å². The van der Waals surface area contributed by atoms with Crippen molar-refractivity contribution in [2.75, 3.05) is 32.9 Å². The molecule has 1 atom stereocenters. The first kappa shape index (κ1) is 14.4. The van der Waals surface area contributed by atoms with Crippen LogP contribution in [0.4, 0.5) is 0 Å². The van der Waals surface area contributed by atoms with Crippen molar-refractivity contribution in [2.24, 2.45) is 5.92 Å². The average Bonchev–Trinajstić information content (AvgIpc) is 2.47. The van der Waals surface area contributed by atoms with Crippen molar-refractivity contribution >= 4 is 17.7 Å². The lowest BCUT2D eigenvalue weighted by Gasteiger charge is -2.28. The molecule has 1 heterocycles. The molecule has 1 unspecified atom stereocenters. The number of amides is 1. The fraction of sp³-hybridized carbons (Fsp3) is 0.533. The average molecular weight is 278 g/mol. The molecule has 0 bridgehead atoms.